The first-order valence-corrected chi connectivity index (χ1v) is 23.7. The molecule has 0 fully saturated rings. The first-order valence-electron chi connectivity index (χ1n) is 23.7. The van der Waals surface area contributed by atoms with E-state index in [2.05, 4.69) is 264 Å². The quantitative estimate of drug-likeness (QED) is 0.149. The molecule has 0 N–H and O–H groups in total. The number of benzene rings is 12. The van der Waals surface area contributed by atoms with Gasteiger partial charge in [0.15, 0.2) is 0 Å². The number of aromatic nitrogens is 1. The highest BCUT2D eigenvalue weighted by atomic mass is 16.3. The Kier molecular flexibility index (Phi) is 8.90. The molecule has 14 aromatic rings. The largest absolute Gasteiger partial charge is 0.455 e. The first-order chi connectivity index (χ1) is 34.2. The van der Waals surface area contributed by atoms with Crippen molar-refractivity contribution in [3.63, 3.8) is 0 Å². The lowest BCUT2D eigenvalue weighted by molar-refractivity contribution is 0.672. The van der Waals surface area contributed by atoms with Crippen molar-refractivity contribution in [3.8, 4) is 39.1 Å². The van der Waals surface area contributed by atoms with E-state index >= 15 is 0 Å². The third-order valence-electron chi connectivity index (χ3n) is 14.2. The molecule has 12 aromatic carbocycles. The van der Waals surface area contributed by atoms with Gasteiger partial charge in [-0.05, 0) is 133 Å². The number of furan rings is 1. The Morgan fingerprint density at radius 3 is 1.68 bits per heavy atom. The molecule has 0 atom stereocenters. The predicted molar refractivity (Wildman–Crippen MR) is 292 cm³/mol. The van der Waals surface area contributed by atoms with Gasteiger partial charge in [0.2, 0.25) is 0 Å². The summed E-state index contributed by atoms with van der Waals surface area (Å²) in [5, 5.41) is 11.8. The maximum atomic E-state index is 6.75. The molecule has 0 radical (unpaired) electrons. The maximum Gasteiger partial charge on any atom is 0.143 e. The molecule has 3 nitrogen and oxygen atoms in total. The second-order valence-corrected chi connectivity index (χ2v) is 18.0. The van der Waals surface area contributed by atoms with Crippen molar-refractivity contribution in [2.75, 3.05) is 4.90 Å². The molecule has 2 heterocycles. The number of hydrogen-bond acceptors (Lipinski definition) is 2. The Balaban J connectivity index is 0.900. The summed E-state index contributed by atoms with van der Waals surface area (Å²) in [5.74, 6) is 0. The lowest BCUT2D eigenvalue weighted by Gasteiger charge is -2.27. The summed E-state index contributed by atoms with van der Waals surface area (Å²) in [6.07, 6.45) is 0. The fraction of sp³-hybridized carbons (Fsp3) is 0. The average molecular weight is 879 g/mol. The summed E-state index contributed by atoms with van der Waals surface area (Å²) in [6, 6.07) is 92.4. The Morgan fingerprint density at radius 1 is 0.319 bits per heavy atom. The Morgan fingerprint density at radius 2 is 0.884 bits per heavy atom. The Bertz CT molecular complexity index is 4300. The number of para-hydroxylation sites is 2. The van der Waals surface area contributed by atoms with Gasteiger partial charge in [0.05, 0.1) is 22.1 Å². The van der Waals surface area contributed by atoms with E-state index < -0.39 is 0 Å². The molecule has 2 aromatic heterocycles. The van der Waals surface area contributed by atoms with Gasteiger partial charge in [-0.2, -0.15) is 0 Å². The van der Waals surface area contributed by atoms with Crippen LogP contribution in [0.5, 0.6) is 0 Å². The van der Waals surface area contributed by atoms with Crippen LogP contribution in [-0.2, 0) is 0 Å². The molecule has 0 aliphatic heterocycles. The summed E-state index contributed by atoms with van der Waals surface area (Å²) < 4.78 is 9.14. The van der Waals surface area contributed by atoms with Gasteiger partial charge in [0, 0.05) is 38.6 Å². The summed E-state index contributed by atoms with van der Waals surface area (Å²) in [4.78, 5) is 2.40. The number of nitrogens with zero attached hydrogens (tertiary/aromatic N) is 2. The molecule has 0 saturated heterocycles. The summed E-state index contributed by atoms with van der Waals surface area (Å²) >= 11 is 0. The standard InChI is InChI=1S/C66H42N2O/c1-3-14-43(15-4-1)53-19-9-10-20-54(53)45-28-33-51(34-29-45)67(62-24-13-25-64-65(62)60-38-30-44-16-7-8-21-57(44)66(60)69-64)52-35-39-56-49(41-52)27-26-48-40-46(31-36-55(48)56)47-32-37-59-58-22-11-12-23-61(58)68(63(59)42-47)50-17-5-2-6-18-50/h1-42H. The van der Waals surface area contributed by atoms with Crippen LogP contribution in [0.15, 0.2) is 259 Å². The number of anilines is 3. The monoisotopic (exact) mass is 878 g/mol. The minimum Gasteiger partial charge on any atom is -0.455 e. The molecule has 0 saturated carbocycles. The van der Waals surface area contributed by atoms with E-state index in [9.17, 15) is 0 Å². The van der Waals surface area contributed by atoms with Gasteiger partial charge in [-0.3, -0.25) is 0 Å². The molecule has 0 aliphatic rings. The van der Waals surface area contributed by atoms with Crippen LogP contribution < -0.4 is 4.90 Å². The zero-order valence-electron chi connectivity index (χ0n) is 37.6. The van der Waals surface area contributed by atoms with E-state index in [1.54, 1.807) is 0 Å². The third-order valence-corrected chi connectivity index (χ3v) is 14.2. The highest BCUT2D eigenvalue weighted by Gasteiger charge is 2.22. The summed E-state index contributed by atoms with van der Waals surface area (Å²) in [6.45, 7) is 0. The molecule has 0 bridgehead atoms. The lowest BCUT2D eigenvalue weighted by atomic mass is 9.94. The van der Waals surface area contributed by atoms with Crippen LogP contribution in [0.1, 0.15) is 0 Å². The van der Waals surface area contributed by atoms with Crippen LogP contribution in [0.2, 0.25) is 0 Å². The van der Waals surface area contributed by atoms with E-state index in [0.717, 1.165) is 55.5 Å². The van der Waals surface area contributed by atoms with Gasteiger partial charge in [0.1, 0.15) is 11.2 Å². The van der Waals surface area contributed by atoms with Crippen LogP contribution in [0, 0.1) is 0 Å². The van der Waals surface area contributed by atoms with Crippen molar-refractivity contribution in [2.45, 2.75) is 0 Å². The van der Waals surface area contributed by atoms with Crippen LogP contribution in [0.4, 0.5) is 17.1 Å². The number of rotatable bonds is 7. The van der Waals surface area contributed by atoms with Crippen LogP contribution in [0.3, 0.4) is 0 Å². The molecule has 322 valence electrons. The third kappa shape index (κ3) is 6.36. The summed E-state index contributed by atoms with van der Waals surface area (Å²) in [5.41, 5.74) is 15.7. The topological polar surface area (TPSA) is 21.3 Å². The molecule has 3 heteroatoms. The number of hydrogen-bond donors (Lipinski definition) is 0. The highest BCUT2D eigenvalue weighted by molar-refractivity contribution is 6.20. The normalized spacial score (nSPS) is 11.8. The molecule has 69 heavy (non-hydrogen) atoms. The minimum absolute atomic E-state index is 0.862. The average Bonchev–Trinajstić information content (AvgIpc) is 3.98. The van der Waals surface area contributed by atoms with Gasteiger partial charge < -0.3 is 13.9 Å². The van der Waals surface area contributed by atoms with Crippen LogP contribution in [-0.4, -0.2) is 4.57 Å². The van der Waals surface area contributed by atoms with E-state index in [1.165, 1.54) is 76.7 Å². The molecule has 0 spiro atoms. The number of fused-ring (bicyclic) bond motifs is 11. The fourth-order valence-corrected chi connectivity index (χ4v) is 10.9. The SMILES string of the molecule is c1ccc(-c2ccccc2-c2ccc(N(c3ccc4c(ccc5cc(-c6ccc7c8ccccc8n(-c8ccccc8)c7c6)ccc54)c3)c3cccc4oc5c6ccccc6ccc5c34)cc2)cc1. The van der Waals surface area contributed by atoms with Gasteiger partial charge in [-0.25, -0.2) is 0 Å². The predicted octanol–water partition coefficient (Wildman–Crippen LogP) is 18.6. The molecular weight excluding hydrogens is 837 g/mol. The second kappa shape index (κ2) is 15.7. The van der Waals surface area contributed by atoms with Gasteiger partial charge in [-0.1, -0.05) is 182 Å². The van der Waals surface area contributed by atoms with Gasteiger partial charge >= 0.3 is 0 Å². The fourth-order valence-electron chi connectivity index (χ4n) is 10.9. The van der Waals surface area contributed by atoms with Crippen molar-refractivity contribution < 1.29 is 4.42 Å². The summed E-state index contributed by atoms with van der Waals surface area (Å²) in [7, 11) is 0. The zero-order valence-corrected chi connectivity index (χ0v) is 37.6. The molecule has 0 aliphatic carbocycles. The van der Waals surface area contributed by atoms with E-state index in [-0.39, 0.29) is 0 Å². The van der Waals surface area contributed by atoms with Crippen molar-refractivity contribution in [3.05, 3.63) is 255 Å². The molecular formula is C66H42N2O. The molecule has 14 rings (SSSR count). The Labute approximate surface area is 399 Å². The van der Waals surface area contributed by atoms with Crippen molar-refractivity contribution in [1.82, 2.24) is 4.57 Å². The second-order valence-electron chi connectivity index (χ2n) is 18.0. The van der Waals surface area contributed by atoms with Crippen LogP contribution >= 0.6 is 0 Å². The van der Waals surface area contributed by atoms with E-state index in [0.29, 0.717) is 0 Å². The zero-order chi connectivity index (χ0) is 45.4. The van der Waals surface area contributed by atoms with Gasteiger partial charge in [-0.15, -0.1) is 0 Å². The van der Waals surface area contributed by atoms with Crippen molar-refractivity contribution in [1.29, 1.82) is 0 Å². The smallest absolute Gasteiger partial charge is 0.143 e. The Hall–Kier alpha value is -9.18. The van der Waals surface area contributed by atoms with E-state index in [4.69, 9.17) is 4.42 Å². The van der Waals surface area contributed by atoms with Crippen molar-refractivity contribution in [2.24, 2.45) is 0 Å². The highest BCUT2D eigenvalue weighted by Crippen LogP contribution is 2.46. The van der Waals surface area contributed by atoms with E-state index in [1.807, 2.05) is 0 Å². The van der Waals surface area contributed by atoms with Gasteiger partial charge in [0.25, 0.3) is 0 Å². The van der Waals surface area contributed by atoms with Crippen LogP contribution in [0.25, 0.3) is 115 Å². The maximum absolute atomic E-state index is 6.75. The molecule has 0 unspecified atom stereocenters. The van der Waals surface area contributed by atoms with Crippen molar-refractivity contribution >= 4 is 93.1 Å². The lowest BCUT2D eigenvalue weighted by Crippen LogP contribution is -2.10. The first kappa shape index (κ1) is 39.0. The minimum atomic E-state index is 0.862. The molecule has 0 amide bonds.